The predicted molar refractivity (Wildman–Crippen MR) is 85.1 cm³/mol. The number of rotatable bonds is 9. The fraction of sp³-hybridized carbons (Fsp3) is 0.533. The molecule has 6 heteroatoms. The van der Waals surface area contributed by atoms with Crippen LogP contribution in [0.25, 0.3) is 0 Å². The van der Waals surface area contributed by atoms with Crippen LogP contribution in [-0.2, 0) is 4.79 Å². The summed E-state index contributed by atoms with van der Waals surface area (Å²) in [5.41, 5.74) is 0. The maximum Gasteiger partial charge on any atom is 0.220 e. The summed E-state index contributed by atoms with van der Waals surface area (Å²) in [5, 5.41) is 13.2. The predicted octanol–water partition coefficient (Wildman–Crippen LogP) is 3.43. The Morgan fingerprint density at radius 1 is 1.38 bits per heavy atom. The smallest absolute Gasteiger partial charge is 0.220 e. The van der Waals surface area contributed by atoms with Gasteiger partial charge in [0.05, 0.1) is 5.02 Å². The number of aliphatic hydroxyl groups is 1. The van der Waals surface area contributed by atoms with Gasteiger partial charge in [-0.05, 0) is 18.6 Å². The second kappa shape index (κ2) is 9.87. The Bertz CT molecular complexity index is 455. The van der Waals surface area contributed by atoms with Gasteiger partial charge in [-0.25, -0.2) is 0 Å². The zero-order chi connectivity index (χ0) is 15.7. The monoisotopic (exact) mass is 333 g/mol. The molecule has 0 aliphatic rings. The Balaban J connectivity index is 2.26. The van der Waals surface area contributed by atoms with Crippen molar-refractivity contribution in [3.63, 3.8) is 0 Å². The third kappa shape index (κ3) is 7.02. The summed E-state index contributed by atoms with van der Waals surface area (Å²) in [6, 6.07) is 5.04. The number of ether oxygens (including phenoxy) is 1. The van der Waals surface area contributed by atoms with E-state index in [1.807, 2.05) is 0 Å². The zero-order valence-electron chi connectivity index (χ0n) is 12.1. The molecule has 21 heavy (non-hydrogen) atoms. The van der Waals surface area contributed by atoms with Crippen LogP contribution in [0.2, 0.25) is 10.0 Å². The van der Waals surface area contributed by atoms with Crippen molar-refractivity contribution < 1.29 is 14.6 Å². The average molecular weight is 334 g/mol. The third-order valence-electron chi connectivity index (χ3n) is 2.89. The van der Waals surface area contributed by atoms with E-state index < -0.39 is 6.10 Å². The Labute approximate surface area is 135 Å². The molecule has 118 valence electrons. The van der Waals surface area contributed by atoms with E-state index in [1.54, 1.807) is 18.2 Å². The highest BCUT2D eigenvalue weighted by Gasteiger charge is 2.10. The summed E-state index contributed by atoms with van der Waals surface area (Å²) >= 11 is 11.8. The molecule has 1 atom stereocenters. The highest BCUT2D eigenvalue weighted by molar-refractivity contribution is 6.42. The van der Waals surface area contributed by atoms with Crippen LogP contribution in [0.3, 0.4) is 0 Å². The molecule has 0 heterocycles. The van der Waals surface area contributed by atoms with Gasteiger partial charge in [-0.15, -0.1) is 0 Å². The molecule has 1 amide bonds. The summed E-state index contributed by atoms with van der Waals surface area (Å²) in [4.78, 5) is 11.5. The van der Waals surface area contributed by atoms with Crippen molar-refractivity contribution in [3.05, 3.63) is 28.2 Å². The number of halogens is 2. The lowest BCUT2D eigenvalue weighted by Crippen LogP contribution is -2.35. The highest BCUT2D eigenvalue weighted by Crippen LogP contribution is 2.31. The van der Waals surface area contributed by atoms with E-state index in [9.17, 15) is 9.90 Å². The first-order valence-electron chi connectivity index (χ1n) is 7.06. The number of aliphatic hydroxyl groups excluding tert-OH is 1. The van der Waals surface area contributed by atoms with Crippen molar-refractivity contribution in [1.82, 2.24) is 5.32 Å². The molecule has 0 fully saturated rings. The summed E-state index contributed by atoms with van der Waals surface area (Å²) < 4.78 is 5.39. The molecule has 0 aromatic heterocycles. The molecule has 1 aromatic carbocycles. The van der Waals surface area contributed by atoms with Gasteiger partial charge in [0, 0.05) is 13.0 Å². The van der Waals surface area contributed by atoms with Crippen molar-refractivity contribution >= 4 is 29.1 Å². The third-order valence-corrected chi connectivity index (χ3v) is 3.69. The number of benzene rings is 1. The molecule has 0 saturated carbocycles. The van der Waals surface area contributed by atoms with Crippen molar-refractivity contribution in [1.29, 1.82) is 0 Å². The minimum absolute atomic E-state index is 0.0370. The molecule has 1 aromatic rings. The molecule has 2 N–H and O–H groups in total. The molecule has 0 radical (unpaired) electrons. The van der Waals surface area contributed by atoms with Gasteiger partial charge in [0.25, 0.3) is 0 Å². The average Bonchev–Trinajstić information content (AvgIpc) is 2.47. The minimum atomic E-state index is -0.796. The standard InChI is InChI=1S/C15H21Cl2NO3/c1-2-3-4-8-14(20)18-9-11(19)10-21-13-7-5-6-12(16)15(13)17/h5-7,11,19H,2-4,8-10H2,1H3,(H,18,20). The SMILES string of the molecule is CCCCCC(=O)NCC(O)COc1cccc(Cl)c1Cl. The van der Waals surface area contributed by atoms with Gasteiger partial charge in [-0.3, -0.25) is 4.79 Å². The van der Waals surface area contributed by atoms with E-state index >= 15 is 0 Å². The molecule has 0 aliphatic carbocycles. The van der Waals surface area contributed by atoms with Crippen LogP contribution < -0.4 is 10.1 Å². The van der Waals surface area contributed by atoms with Crippen molar-refractivity contribution in [2.24, 2.45) is 0 Å². The van der Waals surface area contributed by atoms with E-state index in [0.29, 0.717) is 22.2 Å². The quantitative estimate of drug-likeness (QED) is 0.680. The first kappa shape index (κ1) is 18.1. The fourth-order valence-electron chi connectivity index (χ4n) is 1.70. The van der Waals surface area contributed by atoms with Crippen LogP contribution in [-0.4, -0.2) is 30.3 Å². The topological polar surface area (TPSA) is 58.6 Å². The number of amides is 1. The van der Waals surface area contributed by atoms with Crippen LogP contribution in [0.15, 0.2) is 18.2 Å². The number of carbonyl (C=O) groups excluding carboxylic acids is 1. The van der Waals surface area contributed by atoms with Gasteiger partial charge in [-0.2, -0.15) is 0 Å². The first-order chi connectivity index (χ1) is 10.0. The summed E-state index contributed by atoms with van der Waals surface area (Å²) in [6.07, 6.45) is 2.67. The van der Waals surface area contributed by atoms with Crippen LogP contribution in [0.1, 0.15) is 32.6 Å². The lowest BCUT2D eigenvalue weighted by molar-refractivity contribution is -0.121. The van der Waals surface area contributed by atoms with Gasteiger partial charge in [0.2, 0.25) is 5.91 Å². The van der Waals surface area contributed by atoms with Crippen molar-refractivity contribution in [3.8, 4) is 5.75 Å². The van der Waals surface area contributed by atoms with Crippen LogP contribution >= 0.6 is 23.2 Å². The van der Waals surface area contributed by atoms with E-state index in [1.165, 1.54) is 0 Å². The van der Waals surface area contributed by atoms with E-state index in [2.05, 4.69) is 12.2 Å². The number of unbranched alkanes of at least 4 members (excludes halogenated alkanes) is 2. The second-order valence-corrected chi connectivity index (χ2v) is 5.56. The first-order valence-corrected chi connectivity index (χ1v) is 7.81. The molecule has 1 unspecified atom stereocenters. The van der Waals surface area contributed by atoms with Crippen LogP contribution in [0.5, 0.6) is 5.75 Å². The van der Waals surface area contributed by atoms with Gasteiger partial charge in [0.15, 0.2) is 0 Å². The molecule has 0 spiro atoms. The lowest BCUT2D eigenvalue weighted by Gasteiger charge is -2.14. The molecule has 1 rings (SSSR count). The fourth-order valence-corrected chi connectivity index (χ4v) is 2.04. The zero-order valence-corrected chi connectivity index (χ0v) is 13.6. The molecule has 0 saturated heterocycles. The maximum atomic E-state index is 11.5. The van der Waals surface area contributed by atoms with Crippen LogP contribution in [0.4, 0.5) is 0 Å². The summed E-state index contributed by atoms with van der Waals surface area (Å²) in [5.74, 6) is 0.362. The maximum absolute atomic E-state index is 11.5. The Hall–Kier alpha value is -0.970. The number of hydrogen-bond acceptors (Lipinski definition) is 3. The molecule has 0 aliphatic heterocycles. The molecular formula is C15H21Cl2NO3. The second-order valence-electron chi connectivity index (χ2n) is 4.78. The lowest BCUT2D eigenvalue weighted by atomic mass is 10.2. The number of carbonyl (C=O) groups is 1. The van der Waals surface area contributed by atoms with Gasteiger partial charge < -0.3 is 15.2 Å². The number of hydrogen-bond donors (Lipinski definition) is 2. The Morgan fingerprint density at radius 2 is 2.14 bits per heavy atom. The van der Waals surface area contributed by atoms with E-state index in [4.69, 9.17) is 27.9 Å². The van der Waals surface area contributed by atoms with Crippen molar-refractivity contribution in [2.75, 3.05) is 13.2 Å². The normalized spacial score (nSPS) is 12.0. The summed E-state index contributed by atoms with van der Waals surface area (Å²) in [6.45, 7) is 2.28. The Morgan fingerprint density at radius 3 is 2.86 bits per heavy atom. The van der Waals surface area contributed by atoms with Gasteiger partial charge in [-0.1, -0.05) is 49.0 Å². The van der Waals surface area contributed by atoms with Gasteiger partial charge in [0.1, 0.15) is 23.5 Å². The van der Waals surface area contributed by atoms with Gasteiger partial charge >= 0.3 is 0 Å². The summed E-state index contributed by atoms with van der Waals surface area (Å²) in [7, 11) is 0. The molecule has 0 bridgehead atoms. The minimum Gasteiger partial charge on any atom is -0.489 e. The highest BCUT2D eigenvalue weighted by atomic mass is 35.5. The van der Waals surface area contributed by atoms with E-state index in [0.717, 1.165) is 19.3 Å². The van der Waals surface area contributed by atoms with E-state index in [-0.39, 0.29) is 19.1 Å². The Kier molecular flexibility index (Phi) is 8.50. The molecule has 4 nitrogen and oxygen atoms in total. The molecular weight excluding hydrogens is 313 g/mol. The largest absolute Gasteiger partial charge is 0.489 e. The number of nitrogens with one attached hydrogen (secondary N) is 1. The van der Waals surface area contributed by atoms with Crippen molar-refractivity contribution in [2.45, 2.75) is 38.7 Å². The van der Waals surface area contributed by atoms with Crippen LogP contribution in [0, 0.1) is 0 Å².